The summed E-state index contributed by atoms with van der Waals surface area (Å²) >= 11 is 5.89. The van der Waals surface area contributed by atoms with Gasteiger partial charge in [-0.1, -0.05) is 11.6 Å². The molecule has 0 aliphatic carbocycles. The van der Waals surface area contributed by atoms with E-state index in [4.69, 9.17) is 21.4 Å². The van der Waals surface area contributed by atoms with Gasteiger partial charge in [0.1, 0.15) is 5.82 Å². The van der Waals surface area contributed by atoms with Crippen LogP contribution in [0.1, 0.15) is 5.82 Å². The van der Waals surface area contributed by atoms with E-state index in [0.29, 0.717) is 41.4 Å². The van der Waals surface area contributed by atoms with Crippen LogP contribution in [0.4, 0.5) is 0 Å². The Labute approximate surface area is 126 Å². The molecule has 7 heteroatoms. The molecule has 1 fully saturated rings. The highest BCUT2D eigenvalue weighted by molar-refractivity contribution is 6.31. The van der Waals surface area contributed by atoms with Crippen molar-refractivity contribution in [1.82, 2.24) is 14.9 Å². The number of fused-ring (bicyclic) bond motifs is 1. The summed E-state index contributed by atoms with van der Waals surface area (Å²) < 4.78 is 5.40. The molecule has 1 aromatic heterocycles. The van der Waals surface area contributed by atoms with E-state index in [2.05, 4.69) is 14.9 Å². The maximum Gasteiger partial charge on any atom is 0.258 e. The third-order valence-corrected chi connectivity index (χ3v) is 3.75. The highest BCUT2D eigenvalue weighted by atomic mass is 35.5. The topological polar surface area (TPSA) is 78.5 Å². The standard InChI is InChI=1S/C14H16ClN3O3/c15-9-1-2-12-11(5-9)14(20)17-13(16-12)7-18-3-4-21-10(6-18)8-19/h1-2,5,10,19H,3-4,6-8H2,(H,16,17,20). The number of rotatable bonds is 3. The number of H-pyrrole nitrogens is 1. The average molecular weight is 310 g/mol. The Kier molecular flexibility index (Phi) is 4.21. The second-order valence-corrected chi connectivity index (χ2v) is 5.52. The molecule has 1 aromatic carbocycles. The van der Waals surface area contributed by atoms with E-state index >= 15 is 0 Å². The molecule has 0 bridgehead atoms. The van der Waals surface area contributed by atoms with Crippen LogP contribution in [0.15, 0.2) is 23.0 Å². The summed E-state index contributed by atoms with van der Waals surface area (Å²) in [4.78, 5) is 21.4. The Balaban J connectivity index is 1.84. The molecule has 1 atom stereocenters. The van der Waals surface area contributed by atoms with Crippen molar-refractivity contribution in [2.75, 3.05) is 26.3 Å². The van der Waals surface area contributed by atoms with Gasteiger partial charge >= 0.3 is 0 Å². The van der Waals surface area contributed by atoms with Crippen LogP contribution < -0.4 is 5.56 Å². The van der Waals surface area contributed by atoms with Crippen LogP contribution in [-0.4, -0.2) is 52.4 Å². The fraction of sp³-hybridized carbons (Fsp3) is 0.429. The molecule has 0 amide bonds. The largest absolute Gasteiger partial charge is 0.394 e. The van der Waals surface area contributed by atoms with Gasteiger partial charge in [0.15, 0.2) is 0 Å². The van der Waals surface area contributed by atoms with Crippen LogP contribution in [0, 0.1) is 0 Å². The SMILES string of the molecule is O=c1[nH]c(CN2CCOC(CO)C2)nc2ccc(Cl)cc12. The third kappa shape index (κ3) is 3.24. The predicted octanol–water partition coefficient (Wildman–Crippen LogP) is 0.770. The Bertz CT molecular complexity index is 703. The van der Waals surface area contributed by atoms with Gasteiger partial charge in [0.2, 0.25) is 0 Å². The smallest absolute Gasteiger partial charge is 0.258 e. The first-order valence-electron chi connectivity index (χ1n) is 6.79. The summed E-state index contributed by atoms with van der Waals surface area (Å²) in [6.45, 7) is 2.46. The molecule has 0 radical (unpaired) electrons. The molecule has 6 nitrogen and oxygen atoms in total. The molecule has 1 saturated heterocycles. The normalized spacial score (nSPS) is 20.0. The number of benzene rings is 1. The Hall–Kier alpha value is -1.47. The number of aromatic nitrogens is 2. The molecule has 1 unspecified atom stereocenters. The van der Waals surface area contributed by atoms with E-state index in [-0.39, 0.29) is 18.3 Å². The van der Waals surface area contributed by atoms with Gasteiger partial charge in [-0.2, -0.15) is 0 Å². The number of ether oxygens (including phenoxy) is 1. The Morgan fingerprint density at radius 3 is 3.19 bits per heavy atom. The minimum Gasteiger partial charge on any atom is -0.394 e. The van der Waals surface area contributed by atoms with E-state index < -0.39 is 0 Å². The van der Waals surface area contributed by atoms with Crippen molar-refractivity contribution in [3.63, 3.8) is 0 Å². The second kappa shape index (κ2) is 6.11. The number of aliphatic hydroxyl groups excluding tert-OH is 1. The number of morpholine rings is 1. The molecule has 112 valence electrons. The zero-order valence-electron chi connectivity index (χ0n) is 11.4. The fourth-order valence-corrected chi connectivity index (χ4v) is 2.65. The monoisotopic (exact) mass is 309 g/mol. The minimum atomic E-state index is -0.190. The van der Waals surface area contributed by atoms with Crippen LogP contribution in [0.2, 0.25) is 5.02 Å². The van der Waals surface area contributed by atoms with Crippen LogP contribution in [0.25, 0.3) is 10.9 Å². The van der Waals surface area contributed by atoms with Gasteiger partial charge in [-0.15, -0.1) is 0 Å². The second-order valence-electron chi connectivity index (χ2n) is 5.08. The number of nitrogens with zero attached hydrogens (tertiary/aromatic N) is 2. The summed E-state index contributed by atoms with van der Waals surface area (Å²) in [6, 6.07) is 5.08. The maximum atomic E-state index is 12.1. The molecule has 21 heavy (non-hydrogen) atoms. The van der Waals surface area contributed by atoms with Crippen LogP contribution in [-0.2, 0) is 11.3 Å². The molecule has 0 saturated carbocycles. The molecule has 3 rings (SSSR count). The van der Waals surface area contributed by atoms with Crippen LogP contribution >= 0.6 is 11.6 Å². The van der Waals surface area contributed by atoms with E-state index in [1.807, 2.05) is 0 Å². The van der Waals surface area contributed by atoms with Gasteiger partial charge in [-0.25, -0.2) is 4.98 Å². The van der Waals surface area contributed by atoms with Crippen molar-refractivity contribution in [2.24, 2.45) is 0 Å². The van der Waals surface area contributed by atoms with Crippen molar-refractivity contribution in [2.45, 2.75) is 12.6 Å². The van der Waals surface area contributed by atoms with Crippen LogP contribution in [0.5, 0.6) is 0 Å². The first kappa shape index (κ1) is 14.5. The zero-order chi connectivity index (χ0) is 14.8. The van der Waals surface area contributed by atoms with Gasteiger partial charge in [0.25, 0.3) is 5.56 Å². The van der Waals surface area contributed by atoms with Gasteiger partial charge < -0.3 is 14.8 Å². The highest BCUT2D eigenvalue weighted by Crippen LogP contribution is 2.15. The molecule has 2 N–H and O–H groups in total. The van der Waals surface area contributed by atoms with E-state index in [1.54, 1.807) is 18.2 Å². The predicted molar refractivity (Wildman–Crippen MR) is 79.5 cm³/mol. The lowest BCUT2D eigenvalue weighted by atomic mass is 10.2. The molecule has 2 aromatic rings. The number of nitrogens with one attached hydrogen (secondary N) is 1. The quantitative estimate of drug-likeness (QED) is 0.875. The van der Waals surface area contributed by atoms with Gasteiger partial charge in [0, 0.05) is 18.1 Å². The minimum absolute atomic E-state index is 0.00331. The van der Waals surface area contributed by atoms with E-state index in [9.17, 15) is 4.79 Å². The summed E-state index contributed by atoms with van der Waals surface area (Å²) in [5.74, 6) is 0.605. The zero-order valence-corrected chi connectivity index (χ0v) is 12.1. The van der Waals surface area contributed by atoms with E-state index in [0.717, 1.165) is 6.54 Å². The molecule has 1 aliphatic heterocycles. The number of aliphatic hydroxyl groups is 1. The number of hydrogen-bond acceptors (Lipinski definition) is 5. The highest BCUT2D eigenvalue weighted by Gasteiger charge is 2.20. The van der Waals surface area contributed by atoms with Crippen molar-refractivity contribution < 1.29 is 9.84 Å². The molecular weight excluding hydrogens is 294 g/mol. The Morgan fingerprint density at radius 1 is 1.52 bits per heavy atom. The average Bonchev–Trinajstić information content (AvgIpc) is 2.48. The van der Waals surface area contributed by atoms with Crippen molar-refractivity contribution >= 4 is 22.5 Å². The summed E-state index contributed by atoms with van der Waals surface area (Å²) in [7, 11) is 0. The maximum absolute atomic E-state index is 12.1. The van der Waals surface area contributed by atoms with Gasteiger partial charge in [-0.3, -0.25) is 9.69 Å². The summed E-state index contributed by atoms with van der Waals surface area (Å²) in [5, 5.41) is 10.2. The van der Waals surface area contributed by atoms with E-state index in [1.165, 1.54) is 0 Å². The lowest BCUT2D eigenvalue weighted by Gasteiger charge is -2.31. The van der Waals surface area contributed by atoms with Crippen LogP contribution in [0.3, 0.4) is 0 Å². The lowest BCUT2D eigenvalue weighted by molar-refractivity contribution is -0.0556. The fourth-order valence-electron chi connectivity index (χ4n) is 2.48. The summed E-state index contributed by atoms with van der Waals surface area (Å²) in [5.41, 5.74) is 0.439. The number of halogens is 1. The van der Waals surface area contributed by atoms with Crippen molar-refractivity contribution in [3.8, 4) is 0 Å². The van der Waals surface area contributed by atoms with Gasteiger partial charge in [0.05, 0.1) is 36.8 Å². The first-order chi connectivity index (χ1) is 10.2. The van der Waals surface area contributed by atoms with Crippen molar-refractivity contribution in [1.29, 1.82) is 0 Å². The molecule has 0 spiro atoms. The third-order valence-electron chi connectivity index (χ3n) is 3.52. The van der Waals surface area contributed by atoms with Gasteiger partial charge in [-0.05, 0) is 18.2 Å². The Morgan fingerprint density at radius 2 is 2.38 bits per heavy atom. The summed E-state index contributed by atoms with van der Waals surface area (Å²) in [6.07, 6.45) is -0.176. The molecular formula is C14H16ClN3O3. The molecule has 2 heterocycles. The first-order valence-corrected chi connectivity index (χ1v) is 7.17. The lowest BCUT2D eigenvalue weighted by Crippen LogP contribution is -2.43. The number of aromatic amines is 1. The molecule has 1 aliphatic rings. The van der Waals surface area contributed by atoms with Crippen molar-refractivity contribution in [3.05, 3.63) is 39.4 Å². The number of hydrogen-bond donors (Lipinski definition) is 2.